The van der Waals surface area contributed by atoms with Gasteiger partial charge in [-0.15, -0.1) is 11.3 Å². The van der Waals surface area contributed by atoms with Crippen LogP contribution in [0.4, 0.5) is 16.4 Å². The maximum absolute atomic E-state index is 13.2. The topological polar surface area (TPSA) is 129 Å². The molecule has 0 unspecified atom stereocenters. The van der Waals surface area contributed by atoms with E-state index in [1.54, 1.807) is 17.8 Å². The molecule has 1 aromatic carbocycles. The number of hydrogen-bond donors (Lipinski definition) is 4. The Kier molecular flexibility index (Phi) is 6.45. The number of thiophene rings is 1. The van der Waals surface area contributed by atoms with Crippen LogP contribution in [0.2, 0.25) is 0 Å². The van der Waals surface area contributed by atoms with Crippen LogP contribution in [0.1, 0.15) is 48.5 Å². The highest BCUT2D eigenvalue weighted by Crippen LogP contribution is 2.28. The average Bonchev–Trinajstić information content (AvgIpc) is 3.28. The molecule has 1 aliphatic carbocycles. The zero-order valence-electron chi connectivity index (χ0n) is 19.2. The first-order chi connectivity index (χ1) is 17.0. The second kappa shape index (κ2) is 9.83. The van der Waals surface area contributed by atoms with E-state index in [0.717, 1.165) is 53.3 Å². The summed E-state index contributed by atoms with van der Waals surface area (Å²) in [6, 6.07) is 7.44. The van der Waals surface area contributed by atoms with Crippen molar-refractivity contribution in [3.05, 3.63) is 53.2 Å². The maximum Gasteiger partial charge on any atom is 0.404 e. The molecule has 0 spiro atoms. The van der Waals surface area contributed by atoms with Gasteiger partial charge >= 0.3 is 6.09 Å². The fraction of sp³-hybridized carbons (Fsp3) is 0.320. The van der Waals surface area contributed by atoms with Crippen LogP contribution in [0.5, 0.6) is 0 Å². The van der Waals surface area contributed by atoms with Gasteiger partial charge in [0.1, 0.15) is 0 Å². The fourth-order valence-corrected chi connectivity index (χ4v) is 5.51. The number of aryl methyl sites for hydroxylation is 1. The molecule has 1 saturated carbocycles. The first-order valence-corrected chi connectivity index (χ1v) is 12.6. The third-order valence-electron chi connectivity index (χ3n) is 6.37. The number of anilines is 2. The number of amides is 2. The van der Waals surface area contributed by atoms with Crippen molar-refractivity contribution in [1.29, 1.82) is 0 Å². The molecular weight excluding hydrogens is 464 g/mol. The number of pyridine rings is 1. The van der Waals surface area contributed by atoms with E-state index in [0.29, 0.717) is 22.7 Å². The lowest BCUT2D eigenvalue weighted by molar-refractivity contribution is 0.102. The summed E-state index contributed by atoms with van der Waals surface area (Å²) in [5, 5.41) is 20.8. The summed E-state index contributed by atoms with van der Waals surface area (Å²) in [5.41, 5.74) is 3.77. The lowest BCUT2D eigenvalue weighted by Crippen LogP contribution is -2.48. The largest absolute Gasteiger partial charge is 0.465 e. The van der Waals surface area contributed by atoms with Gasteiger partial charge in [-0.2, -0.15) is 0 Å². The van der Waals surface area contributed by atoms with Crippen LogP contribution in [0.15, 0.2) is 42.0 Å². The number of hydrogen-bond acceptors (Lipinski definition) is 7. The molecule has 5 rings (SSSR count). The number of rotatable bonds is 6. The molecule has 0 aliphatic heterocycles. The molecule has 3 aromatic heterocycles. The van der Waals surface area contributed by atoms with E-state index in [2.05, 4.69) is 37.8 Å². The highest BCUT2D eigenvalue weighted by Gasteiger charge is 2.27. The van der Waals surface area contributed by atoms with Crippen molar-refractivity contribution in [2.45, 2.75) is 51.1 Å². The number of nitrogens with one attached hydrogen (secondary N) is 3. The van der Waals surface area contributed by atoms with Crippen molar-refractivity contribution in [2.75, 3.05) is 10.6 Å². The first kappa shape index (κ1) is 23.0. The van der Waals surface area contributed by atoms with Crippen molar-refractivity contribution >= 4 is 56.1 Å². The van der Waals surface area contributed by atoms with Crippen molar-refractivity contribution < 1.29 is 14.7 Å². The molecule has 9 nitrogen and oxygen atoms in total. The molecule has 1 fully saturated rings. The van der Waals surface area contributed by atoms with Gasteiger partial charge < -0.3 is 21.1 Å². The number of carbonyl (C=O) groups is 2. The SMILES string of the molecule is CCc1cc(NC(=O)c2csc3cnc(N[C@@H]4CCCC[C@@H]4NC(=O)O)nc23)cc2cccnc12. The Hall–Kier alpha value is -3.79. The first-order valence-electron chi connectivity index (χ1n) is 11.7. The minimum Gasteiger partial charge on any atom is -0.465 e. The molecule has 0 radical (unpaired) electrons. The van der Waals surface area contributed by atoms with Crippen LogP contribution in [-0.2, 0) is 6.42 Å². The lowest BCUT2D eigenvalue weighted by Gasteiger charge is -2.31. The monoisotopic (exact) mass is 490 g/mol. The molecule has 4 N–H and O–H groups in total. The Morgan fingerprint density at radius 3 is 2.77 bits per heavy atom. The molecule has 180 valence electrons. The Morgan fingerprint density at radius 1 is 1.14 bits per heavy atom. The zero-order chi connectivity index (χ0) is 24.4. The molecule has 0 saturated heterocycles. The van der Waals surface area contributed by atoms with Gasteiger partial charge in [0, 0.05) is 28.7 Å². The van der Waals surface area contributed by atoms with Crippen molar-refractivity contribution in [2.24, 2.45) is 0 Å². The third-order valence-corrected chi connectivity index (χ3v) is 7.28. The predicted molar refractivity (Wildman–Crippen MR) is 137 cm³/mol. The molecule has 0 bridgehead atoms. The van der Waals surface area contributed by atoms with Crippen LogP contribution in [0.3, 0.4) is 0 Å². The highest BCUT2D eigenvalue weighted by molar-refractivity contribution is 7.17. The smallest absolute Gasteiger partial charge is 0.404 e. The molecule has 2 amide bonds. The quantitative estimate of drug-likeness (QED) is 0.298. The number of carboxylic acid groups (broad SMARTS) is 1. The van der Waals surface area contributed by atoms with E-state index in [1.807, 2.05) is 24.3 Å². The summed E-state index contributed by atoms with van der Waals surface area (Å²) in [5.74, 6) is 0.147. The Bertz CT molecular complexity index is 1400. The van der Waals surface area contributed by atoms with E-state index in [1.165, 1.54) is 11.3 Å². The summed E-state index contributed by atoms with van der Waals surface area (Å²) in [4.78, 5) is 37.9. The van der Waals surface area contributed by atoms with Gasteiger partial charge in [-0.05, 0) is 43.0 Å². The minimum atomic E-state index is -1.03. The summed E-state index contributed by atoms with van der Waals surface area (Å²) < 4.78 is 0.807. The van der Waals surface area contributed by atoms with Gasteiger partial charge in [-0.1, -0.05) is 25.8 Å². The molecule has 2 atom stereocenters. The standard InChI is InChI=1S/C25H26N6O3S/c1-2-14-10-16(11-15-6-5-9-26-21(14)15)28-23(32)17-13-35-20-12-27-24(31-22(17)20)29-18-7-3-4-8-19(18)30-25(33)34/h5-6,9-13,18-19,30H,2-4,7-8H2,1H3,(H,28,32)(H,33,34)(H,27,29,31)/t18-,19+/m1/s1. The second-order valence-corrected chi connectivity index (χ2v) is 9.58. The molecule has 35 heavy (non-hydrogen) atoms. The zero-order valence-corrected chi connectivity index (χ0v) is 20.1. The number of aromatic nitrogens is 3. The van der Waals surface area contributed by atoms with E-state index in [9.17, 15) is 9.59 Å². The normalized spacial score (nSPS) is 17.9. The van der Waals surface area contributed by atoms with Crippen LogP contribution < -0.4 is 16.0 Å². The van der Waals surface area contributed by atoms with E-state index >= 15 is 0 Å². The lowest BCUT2D eigenvalue weighted by atomic mass is 9.90. The van der Waals surface area contributed by atoms with Gasteiger partial charge in [-0.25, -0.2) is 14.8 Å². The summed E-state index contributed by atoms with van der Waals surface area (Å²) in [6.45, 7) is 2.07. The Labute approximate surface area is 206 Å². The Balaban J connectivity index is 1.39. The minimum absolute atomic E-state index is 0.105. The number of carbonyl (C=O) groups excluding carboxylic acids is 1. The van der Waals surface area contributed by atoms with Gasteiger partial charge in [0.25, 0.3) is 5.91 Å². The third kappa shape index (κ3) is 4.88. The van der Waals surface area contributed by atoms with E-state index < -0.39 is 6.09 Å². The number of fused-ring (bicyclic) bond motifs is 2. The molecule has 3 heterocycles. The summed E-state index contributed by atoms with van der Waals surface area (Å²) >= 11 is 1.41. The highest BCUT2D eigenvalue weighted by atomic mass is 32.1. The van der Waals surface area contributed by atoms with Crippen LogP contribution >= 0.6 is 11.3 Å². The molecular formula is C25H26N6O3S. The number of nitrogens with zero attached hydrogens (tertiary/aromatic N) is 3. The summed E-state index contributed by atoms with van der Waals surface area (Å²) in [7, 11) is 0. The van der Waals surface area contributed by atoms with Crippen molar-refractivity contribution in [3.8, 4) is 0 Å². The summed E-state index contributed by atoms with van der Waals surface area (Å²) in [6.07, 6.45) is 6.81. The number of benzene rings is 1. The fourth-order valence-electron chi connectivity index (χ4n) is 4.67. The van der Waals surface area contributed by atoms with Gasteiger partial charge in [0.2, 0.25) is 5.95 Å². The molecule has 1 aliphatic rings. The van der Waals surface area contributed by atoms with Crippen LogP contribution in [0, 0.1) is 0 Å². The maximum atomic E-state index is 13.2. The van der Waals surface area contributed by atoms with Gasteiger partial charge in [0.15, 0.2) is 0 Å². The van der Waals surface area contributed by atoms with Gasteiger partial charge in [0.05, 0.1) is 33.5 Å². The van der Waals surface area contributed by atoms with E-state index in [4.69, 9.17) is 5.11 Å². The van der Waals surface area contributed by atoms with Crippen LogP contribution in [-0.4, -0.2) is 44.1 Å². The molecule has 10 heteroatoms. The van der Waals surface area contributed by atoms with Crippen molar-refractivity contribution in [1.82, 2.24) is 20.3 Å². The second-order valence-electron chi connectivity index (χ2n) is 8.67. The van der Waals surface area contributed by atoms with Crippen LogP contribution in [0.25, 0.3) is 21.1 Å². The van der Waals surface area contributed by atoms with Gasteiger partial charge in [-0.3, -0.25) is 9.78 Å². The predicted octanol–water partition coefficient (Wildman–Crippen LogP) is 5.04. The van der Waals surface area contributed by atoms with Crippen molar-refractivity contribution in [3.63, 3.8) is 0 Å². The average molecular weight is 491 g/mol. The Morgan fingerprint density at radius 2 is 1.97 bits per heavy atom. The van der Waals surface area contributed by atoms with E-state index in [-0.39, 0.29) is 18.0 Å². The molecule has 4 aromatic rings.